The van der Waals surface area contributed by atoms with E-state index in [1.165, 1.54) is 0 Å². The molecule has 2 rings (SSSR count). The Balaban J connectivity index is 2.26. The zero-order chi connectivity index (χ0) is 15.6. The first-order valence-electron chi connectivity index (χ1n) is 6.50. The lowest BCUT2D eigenvalue weighted by Gasteiger charge is -2.03. The van der Waals surface area contributed by atoms with Crippen molar-refractivity contribution >= 4 is 28.3 Å². The van der Waals surface area contributed by atoms with Gasteiger partial charge in [0.25, 0.3) is 5.91 Å². The fourth-order valence-electron chi connectivity index (χ4n) is 1.89. The Morgan fingerprint density at radius 2 is 2.05 bits per heavy atom. The minimum absolute atomic E-state index is 0.0167. The van der Waals surface area contributed by atoms with Crippen molar-refractivity contribution in [2.75, 3.05) is 5.32 Å². The number of aromatic carboxylic acids is 1. The first-order chi connectivity index (χ1) is 9.88. The van der Waals surface area contributed by atoms with Crippen LogP contribution in [0.4, 0.5) is 5.13 Å². The molecule has 0 unspecified atom stereocenters. The number of hydrogen-bond donors (Lipinski definition) is 2. The first-order valence-corrected chi connectivity index (χ1v) is 7.32. The van der Waals surface area contributed by atoms with Crippen molar-refractivity contribution in [3.63, 3.8) is 0 Å². The fraction of sp³-hybridized carbons (Fsp3) is 0.267. The summed E-state index contributed by atoms with van der Waals surface area (Å²) in [5.74, 6) is -1.33. The van der Waals surface area contributed by atoms with E-state index in [2.05, 4.69) is 10.3 Å². The number of carboxylic acids is 1. The summed E-state index contributed by atoms with van der Waals surface area (Å²) in [7, 11) is 0. The summed E-state index contributed by atoms with van der Waals surface area (Å²) in [6, 6.07) is 7.18. The van der Waals surface area contributed by atoms with E-state index in [1.807, 2.05) is 26.8 Å². The molecule has 1 heterocycles. The molecular weight excluding hydrogens is 288 g/mol. The number of amides is 1. The molecule has 1 aromatic heterocycles. The second-order valence-electron chi connectivity index (χ2n) is 5.02. The quantitative estimate of drug-likeness (QED) is 0.905. The molecule has 0 bridgehead atoms. The molecule has 0 aliphatic heterocycles. The van der Waals surface area contributed by atoms with Gasteiger partial charge in [-0.3, -0.25) is 10.1 Å². The van der Waals surface area contributed by atoms with Crippen LogP contribution in [0, 0.1) is 6.92 Å². The van der Waals surface area contributed by atoms with E-state index in [1.54, 1.807) is 18.2 Å². The average molecular weight is 304 g/mol. The number of carbonyl (C=O) groups excluding carboxylic acids is 1. The fourth-order valence-corrected chi connectivity index (χ4v) is 2.84. The van der Waals surface area contributed by atoms with Crippen LogP contribution < -0.4 is 5.32 Å². The van der Waals surface area contributed by atoms with E-state index in [0.29, 0.717) is 16.4 Å². The minimum Gasteiger partial charge on any atom is -0.477 e. The molecule has 110 valence electrons. The maximum Gasteiger partial charge on any atom is 0.347 e. The number of anilines is 1. The van der Waals surface area contributed by atoms with Gasteiger partial charge in [0.05, 0.1) is 5.69 Å². The van der Waals surface area contributed by atoms with Gasteiger partial charge in [0.1, 0.15) is 4.88 Å². The third kappa shape index (κ3) is 3.46. The molecule has 0 radical (unpaired) electrons. The van der Waals surface area contributed by atoms with E-state index in [-0.39, 0.29) is 16.7 Å². The van der Waals surface area contributed by atoms with E-state index in [0.717, 1.165) is 16.9 Å². The Morgan fingerprint density at radius 3 is 2.57 bits per heavy atom. The van der Waals surface area contributed by atoms with Crippen LogP contribution in [0.15, 0.2) is 24.3 Å². The predicted molar refractivity (Wildman–Crippen MR) is 82.3 cm³/mol. The summed E-state index contributed by atoms with van der Waals surface area (Å²) in [4.78, 5) is 27.7. The molecule has 6 heteroatoms. The number of nitrogens with zero attached hydrogens (tertiary/aromatic N) is 1. The number of aromatic nitrogens is 1. The highest BCUT2D eigenvalue weighted by molar-refractivity contribution is 7.17. The predicted octanol–water partition coefficient (Wildman–Crippen LogP) is 3.53. The number of carboxylic acid groups (broad SMARTS) is 1. The zero-order valence-corrected chi connectivity index (χ0v) is 12.8. The molecule has 0 saturated carbocycles. The molecule has 0 fully saturated rings. The maximum atomic E-state index is 12.1. The van der Waals surface area contributed by atoms with Gasteiger partial charge in [-0.25, -0.2) is 9.78 Å². The van der Waals surface area contributed by atoms with Gasteiger partial charge in [-0.1, -0.05) is 42.9 Å². The Labute approximate surface area is 126 Å². The number of benzene rings is 1. The van der Waals surface area contributed by atoms with Crippen molar-refractivity contribution in [2.24, 2.45) is 0 Å². The molecule has 2 aromatic rings. The lowest BCUT2D eigenvalue weighted by atomic mass is 10.1. The number of hydrogen-bond acceptors (Lipinski definition) is 4. The summed E-state index contributed by atoms with van der Waals surface area (Å²) in [6.07, 6.45) is 0. The largest absolute Gasteiger partial charge is 0.477 e. The van der Waals surface area contributed by atoms with Gasteiger partial charge in [-0.15, -0.1) is 0 Å². The molecule has 0 aliphatic carbocycles. The zero-order valence-electron chi connectivity index (χ0n) is 12.0. The monoisotopic (exact) mass is 304 g/mol. The molecular formula is C15H16N2O3S. The molecule has 2 N–H and O–H groups in total. The number of rotatable bonds is 4. The van der Waals surface area contributed by atoms with Gasteiger partial charge in [0.2, 0.25) is 0 Å². The van der Waals surface area contributed by atoms with E-state index >= 15 is 0 Å². The van der Waals surface area contributed by atoms with Gasteiger partial charge >= 0.3 is 5.97 Å². The molecule has 1 aromatic carbocycles. The van der Waals surface area contributed by atoms with Crippen molar-refractivity contribution in [3.8, 4) is 0 Å². The third-order valence-electron chi connectivity index (χ3n) is 2.90. The Bertz CT molecular complexity index is 692. The van der Waals surface area contributed by atoms with Crippen LogP contribution in [0.3, 0.4) is 0 Å². The van der Waals surface area contributed by atoms with Gasteiger partial charge in [-0.2, -0.15) is 0 Å². The number of thiazole rings is 1. The van der Waals surface area contributed by atoms with Gasteiger partial charge in [0.15, 0.2) is 5.13 Å². The van der Waals surface area contributed by atoms with Crippen molar-refractivity contribution in [1.29, 1.82) is 0 Å². The number of carbonyl (C=O) groups is 2. The van der Waals surface area contributed by atoms with Gasteiger partial charge in [0, 0.05) is 5.56 Å². The van der Waals surface area contributed by atoms with E-state index in [9.17, 15) is 14.7 Å². The maximum absolute atomic E-state index is 12.1. The van der Waals surface area contributed by atoms with Crippen LogP contribution in [0.1, 0.15) is 51.1 Å². The summed E-state index contributed by atoms with van der Waals surface area (Å²) < 4.78 is 0. The molecule has 0 saturated heterocycles. The summed E-state index contributed by atoms with van der Waals surface area (Å²) in [5, 5.41) is 12.1. The topological polar surface area (TPSA) is 79.3 Å². The second-order valence-corrected chi connectivity index (χ2v) is 6.02. The number of aryl methyl sites for hydroxylation is 1. The van der Waals surface area contributed by atoms with Crippen molar-refractivity contribution in [2.45, 2.75) is 26.7 Å². The average Bonchev–Trinajstić information content (AvgIpc) is 2.83. The van der Waals surface area contributed by atoms with Crippen molar-refractivity contribution in [1.82, 2.24) is 4.98 Å². The van der Waals surface area contributed by atoms with Crippen LogP contribution in [-0.2, 0) is 0 Å². The SMILES string of the molecule is Cc1cccc(C(=O)Nc2nc(C(C)C)c(C(=O)O)s2)c1. The lowest BCUT2D eigenvalue weighted by molar-refractivity contribution is 0.0700. The van der Waals surface area contributed by atoms with Crippen molar-refractivity contribution < 1.29 is 14.7 Å². The van der Waals surface area contributed by atoms with Gasteiger partial charge < -0.3 is 5.11 Å². The molecule has 0 aliphatic rings. The Kier molecular flexibility index (Phi) is 4.37. The van der Waals surface area contributed by atoms with Crippen molar-refractivity contribution in [3.05, 3.63) is 46.0 Å². The minimum atomic E-state index is -1.02. The highest BCUT2D eigenvalue weighted by Crippen LogP contribution is 2.28. The summed E-state index contributed by atoms with van der Waals surface area (Å²) in [5.41, 5.74) is 2.00. The standard InChI is InChI=1S/C15H16N2O3S/c1-8(2)11-12(14(19)20)21-15(16-11)17-13(18)10-6-4-5-9(3)7-10/h4-8H,1-3H3,(H,19,20)(H,16,17,18). The molecule has 21 heavy (non-hydrogen) atoms. The van der Waals surface area contributed by atoms with E-state index in [4.69, 9.17) is 0 Å². The van der Waals surface area contributed by atoms with Crippen LogP contribution in [0.2, 0.25) is 0 Å². The molecule has 0 atom stereocenters. The summed E-state index contributed by atoms with van der Waals surface area (Å²) >= 11 is 0.981. The van der Waals surface area contributed by atoms with Crippen LogP contribution in [0.5, 0.6) is 0 Å². The Hall–Kier alpha value is -2.21. The molecule has 1 amide bonds. The highest BCUT2D eigenvalue weighted by atomic mass is 32.1. The van der Waals surface area contributed by atoms with Crippen LogP contribution in [0.25, 0.3) is 0 Å². The third-order valence-corrected chi connectivity index (χ3v) is 3.87. The second kappa shape index (κ2) is 6.05. The van der Waals surface area contributed by atoms with Gasteiger partial charge in [-0.05, 0) is 25.0 Å². The normalized spacial score (nSPS) is 10.7. The van der Waals surface area contributed by atoms with E-state index < -0.39 is 5.97 Å². The van der Waals surface area contributed by atoms with Crippen LogP contribution in [-0.4, -0.2) is 22.0 Å². The first kappa shape index (κ1) is 15.2. The Morgan fingerprint density at radius 1 is 1.33 bits per heavy atom. The highest BCUT2D eigenvalue weighted by Gasteiger charge is 2.20. The molecule has 0 spiro atoms. The van der Waals surface area contributed by atoms with Crippen LogP contribution >= 0.6 is 11.3 Å². The lowest BCUT2D eigenvalue weighted by Crippen LogP contribution is -2.11. The summed E-state index contributed by atoms with van der Waals surface area (Å²) in [6.45, 7) is 5.64. The molecule has 5 nitrogen and oxygen atoms in total. The number of nitrogens with one attached hydrogen (secondary N) is 1. The smallest absolute Gasteiger partial charge is 0.347 e.